The average molecular weight is 1580 g/mol. The number of hydrogen-bond donors (Lipinski definition) is 12. The average Bonchev–Trinajstić information content (AvgIpc) is 0.781. The number of amides is 1. The molecule has 0 aromatic heterocycles. The lowest BCUT2D eigenvalue weighted by molar-refractivity contribution is -0.379. The van der Waals surface area contributed by atoms with Crippen molar-refractivity contribution in [1.82, 2.24) is 5.32 Å². The summed E-state index contributed by atoms with van der Waals surface area (Å²) < 4.78 is 34.5. The SMILES string of the molecule is CC/C=C\C/C=C\C/C=C\C/C=C\C/C=C\C/C=C\C/C=C\C/C=C\C/C=C\CCCCCCCCCCCCCCCC(=O)NC(COC1OC(CO)C(OC2OC(CO)C(OC3OC(CO)C(O)C(O)C3O)C(O)C2O)C(O)C1O)C(O)/C=C/CC/C=C/CCCCCCCCCCCCCCCCCCCCCC. The number of rotatable bonds is 70. The summed E-state index contributed by atoms with van der Waals surface area (Å²) in [5.74, 6) is -0.288. The Bertz CT molecular complexity index is 2540. The van der Waals surface area contributed by atoms with Crippen LogP contribution in [-0.4, -0.2) is 193 Å². The van der Waals surface area contributed by atoms with Gasteiger partial charge in [0, 0.05) is 6.42 Å². The Balaban J connectivity index is 1.33. The smallest absolute Gasteiger partial charge is 0.220 e. The predicted molar refractivity (Wildman–Crippen MR) is 452 cm³/mol. The van der Waals surface area contributed by atoms with E-state index >= 15 is 0 Å². The fraction of sp³-hybridized carbons (Fsp3) is 0.753. The molecule has 17 unspecified atom stereocenters. The van der Waals surface area contributed by atoms with E-state index in [1.807, 2.05) is 6.08 Å². The van der Waals surface area contributed by atoms with Crippen molar-refractivity contribution < 1.29 is 89.4 Å². The molecule has 0 aromatic rings. The normalized spacial score (nSPS) is 25.6. The first-order chi connectivity index (χ1) is 54.8. The van der Waals surface area contributed by atoms with Gasteiger partial charge in [0.25, 0.3) is 0 Å². The Hall–Kier alpha value is -4.07. The Labute approximate surface area is 677 Å². The molecule has 0 aliphatic carbocycles. The van der Waals surface area contributed by atoms with E-state index in [-0.39, 0.29) is 18.9 Å². The summed E-state index contributed by atoms with van der Waals surface area (Å²) in [7, 11) is 0. The topological polar surface area (TPSA) is 307 Å². The van der Waals surface area contributed by atoms with Crippen LogP contribution in [0.25, 0.3) is 0 Å². The van der Waals surface area contributed by atoms with Gasteiger partial charge >= 0.3 is 0 Å². The fourth-order valence-corrected chi connectivity index (χ4v) is 14.1. The molecule has 0 spiro atoms. The van der Waals surface area contributed by atoms with Gasteiger partial charge < -0.3 is 89.9 Å². The van der Waals surface area contributed by atoms with Crippen molar-refractivity contribution in [3.05, 3.63) is 134 Å². The van der Waals surface area contributed by atoms with Crippen molar-refractivity contribution in [2.75, 3.05) is 26.4 Å². The number of allylic oxidation sites excluding steroid dienone is 21. The molecule has 17 atom stereocenters. The molecule has 3 rings (SSSR count). The lowest BCUT2D eigenvalue weighted by atomic mass is 9.96. The van der Waals surface area contributed by atoms with Gasteiger partial charge in [-0.25, -0.2) is 0 Å². The number of nitrogens with one attached hydrogen (secondary N) is 1. The van der Waals surface area contributed by atoms with Gasteiger partial charge in [-0.1, -0.05) is 340 Å². The zero-order valence-electron chi connectivity index (χ0n) is 69.4. The molecular formula is C93H159NO18. The number of carbonyl (C=O) groups is 1. The molecule has 3 heterocycles. The third-order valence-electron chi connectivity index (χ3n) is 21.2. The highest BCUT2D eigenvalue weighted by Crippen LogP contribution is 2.33. The third-order valence-corrected chi connectivity index (χ3v) is 21.2. The number of aliphatic hydroxyl groups excluding tert-OH is 11. The molecule has 3 aliphatic rings. The standard InChI is InChI=1S/C93H159NO18/c1-3-5-7-9-11-13-15-17-19-21-23-25-27-29-31-32-33-34-35-36-37-38-39-40-41-42-43-44-45-47-49-51-53-55-57-59-61-63-65-67-69-71-81(99)94-76(77(98)70-68-66-64-62-60-58-56-54-52-50-48-46-30-28-26-24-22-20-18-16-14-12-10-8-6-4-2)75-107-91-87(105)84(102)89(79(73-96)109-91)112-93-88(106)85(103)90(80(74-97)110-93)111-92-86(104)83(101)82(100)78(72-95)108-92/h5,7,11,13,17,19,23,25,29,31,33-34,36-37,39-40,42-43,60,62,68,70,76-80,82-93,95-98,100-106H,3-4,6,8-10,12,14-16,18,20-22,24,26-28,30,32,35,38,41,44-59,61,63-67,69,71-75H2,1-2H3,(H,94,99)/b7-5-,13-11-,19-17-,25-23-,31-29-,34-33-,37-36-,40-39-,43-42-,62-60+,70-68+. The van der Waals surface area contributed by atoms with E-state index < -0.39 is 124 Å². The molecule has 19 heteroatoms. The van der Waals surface area contributed by atoms with Crippen LogP contribution in [0.15, 0.2) is 134 Å². The van der Waals surface area contributed by atoms with E-state index in [2.05, 4.69) is 141 Å². The molecule has 1 amide bonds. The summed E-state index contributed by atoms with van der Waals surface area (Å²) in [5.41, 5.74) is 0. The van der Waals surface area contributed by atoms with Gasteiger partial charge in [-0.15, -0.1) is 0 Å². The maximum Gasteiger partial charge on any atom is 0.220 e. The summed E-state index contributed by atoms with van der Waals surface area (Å²) in [6.45, 7) is 1.63. The number of carbonyl (C=O) groups excluding carboxylic acids is 1. The Morgan fingerprint density at radius 1 is 0.330 bits per heavy atom. The first-order valence-electron chi connectivity index (χ1n) is 44.4. The van der Waals surface area contributed by atoms with Crippen molar-refractivity contribution in [3.63, 3.8) is 0 Å². The van der Waals surface area contributed by atoms with Crippen molar-refractivity contribution in [1.29, 1.82) is 0 Å². The quantitative estimate of drug-likeness (QED) is 0.0199. The molecule has 0 saturated carbocycles. The Morgan fingerprint density at radius 3 is 1.00 bits per heavy atom. The van der Waals surface area contributed by atoms with Crippen LogP contribution in [0.3, 0.4) is 0 Å². The van der Waals surface area contributed by atoms with Gasteiger partial charge in [0.05, 0.1) is 38.6 Å². The second-order valence-corrected chi connectivity index (χ2v) is 31.0. The maximum absolute atomic E-state index is 13.5. The minimum absolute atomic E-state index is 0.227. The first-order valence-corrected chi connectivity index (χ1v) is 44.4. The van der Waals surface area contributed by atoms with Crippen molar-refractivity contribution >= 4 is 5.91 Å². The van der Waals surface area contributed by atoms with Gasteiger partial charge in [0.1, 0.15) is 73.2 Å². The van der Waals surface area contributed by atoms with E-state index in [1.165, 1.54) is 173 Å². The van der Waals surface area contributed by atoms with Crippen LogP contribution < -0.4 is 5.32 Å². The minimum Gasteiger partial charge on any atom is -0.394 e. The van der Waals surface area contributed by atoms with Gasteiger partial charge in [-0.2, -0.15) is 0 Å². The lowest BCUT2D eigenvalue weighted by Gasteiger charge is -2.48. The number of unbranched alkanes of at least 4 members (excludes halogenated alkanes) is 34. The van der Waals surface area contributed by atoms with Crippen LogP contribution >= 0.6 is 0 Å². The van der Waals surface area contributed by atoms with Crippen LogP contribution in [0.2, 0.25) is 0 Å². The van der Waals surface area contributed by atoms with E-state index in [9.17, 15) is 61.0 Å². The van der Waals surface area contributed by atoms with Crippen LogP contribution in [0, 0.1) is 0 Å². The molecular weight excluding hydrogens is 1420 g/mol. The lowest BCUT2D eigenvalue weighted by Crippen LogP contribution is -2.66. The highest BCUT2D eigenvalue weighted by molar-refractivity contribution is 5.76. The molecule has 0 radical (unpaired) electrons. The second kappa shape index (κ2) is 71.1. The molecule has 112 heavy (non-hydrogen) atoms. The molecule has 644 valence electrons. The highest BCUT2D eigenvalue weighted by atomic mass is 16.8. The summed E-state index contributed by atoms with van der Waals surface area (Å²) in [5, 5.41) is 121. The molecule has 3 aliphatic heterocycles. The van der Waals surface area contributed by atoms with Crippen molar-refractivity contribution in [2.24, 2.45) is 0 Å². The van der Waals surface area contributed by atoms with Crippen LogP contribution in [0.4, 0.5) is 0 Å². The Kier molecular flexibility index (Phi) is 64.8. The van der Waals surface area contributed by atoms with Gasteiger partial charge in [0.2, 0.25) is 5.91 Å². The van der Waals surface area contributed by atoms with E-state index in [0.717, 1.165) is 109 Å². The van der Waals surface area contributed by atoms with Crippen molar-refractivity contribution in [3.8, 4) is 0 Å². The van der Waals surface area contributed by atoms with Crippen LogP contribution in [-0.2, 0) is 33.2 Å². The maximum atomic E-state index is 13.5. The van der Waals surface area contributed by atoms with Crippen molar-refractivity contribution in [2.45, 2.75) is 420 Å². The van der Waals surface area contributed by atoms with Crippen LogP contribution in [0.1, 0.15) is 316 Å². The third kappa shape index (κ3) is 49.2. The zero-order valence-corrected chi connectivity index (χ0v) is 69.4. The van der Waals surface area contributed by atoms with E-state index in [1.54, 1.807) is 6.08 Å². The van der Waals surface area contributed by atoms with Gasteiger partial charge in [0.15, 0.2) is 18.9 Å². The largest absolute Gasteiger partial charge is 0.394 e. The Morgan fingerprint density at radius 2 is 0.625 bits per heavy atom. The molecule has 3 saturated heterocycles. The summed E-state index contributed by atoms with van der Waals surface area (Å²) >= 11 is 0. The van der Waals surface area contributed by atoms with E-state index in [0.29, 0.717) is 12.8 Å². The monoisotopic (exact) mass is 1580 g/mol. The van der Waals surface area contributed by atoms with E-state index in [4.69, 9.17) is 28.4 Å². The predicted octanol–water partition coefficient (Wildman–Crippen LogP) is 16.8. The van der Waals surface area contributed by atoms with Crippen LogP contribution in [0.5, 0.6) is 0 Å². The molecule has 3 fully saturated rings. The summed E-state index contributed by atoms with van der Waals surface area (Å²) in [6, 6.07) is -1.00. The molecule has 0 bridgehead atoms. The summed E-state index contributed by atoms with van der Waals surface area (Å²) in [4.78, 5) is 13.5. The van der Waals surface area contributed by atoms with Gasteiger partial charge in [-0.3, -0.25) is 4.79 Å². The molecule has 0 aromatic carbocycles. The van der Waals surface area contributed by atoms with Gasteiger partial charge in [-0.05, 0) is 103 Å². The minimum atomic E-state index is -1.99. The molecule has 12 N–H and O–H groups in total. The zero-order chi connectivity index (χ0) is 81.0. The highest BCUT2D eigenvalue weighted by Gasteiger charge is 2.54. The number of hydrogen-bond acceptors (Lipinski definition) is 18. The first kappa shape index (κ1) is 102. The summed E-state index contributed by atoms with van der Waals surface area (Å²) in [6.07, 6.45) is 75.9. The molecule has 19 nitrogen and oxygen atoms in total. The fourth-order valence-electron chi connectivity index (χ4n) is 14.1. The number of ether oxygens (including phenoxy) is 6. The number of aliphatic hydroxyl groups is 11. The second-order valence-electron chi connectivity index (χ2n) is 31.0.